The second-order valence-electron chi connectivity index (χ2n) is 4.42. The fourth-order valence-electron chi connectivity index (χ4n) is 2.04. The molecule has 1 aromatic carbocycles. The minimum Gasteiger partial charge on any atom is -0.309 e. The molecule has 0 radical (unpaired) electrons. The van der Waals surface area contributed by atoms with Crippen LogP contribution >= 0.6 is 27.3 Å². The Labute approximate surface area is 121 Å². The number of halogens is 1. The lowest BCUT2D eigenvalue weighted by Crippen LogP contribution is -2.16. The molecule has 1 nitrogen and oxygen atoms in total. The Kier molecular flexibility index (Phi) is 4.60. The van der Waals surface area contributed by atoms with E-state index in [1.807, 2.05) is 7.05 Å². The van der Waals surface area contributed by atoms with Gasteiger partial charge in [-0.1, -0.05) is 31.2 Å². The quantitative estimate of drug-likeness (QED) is 0.860. The average molecular weight is 324 g/mol. The highest BCUT2D eigenvalue weighted by Gasteiger charge is 2.15. The van der Waals surface area contributed by atoms with Crippen LogP contribution in [-0.2, 0) is 6.42 Å². The lowest BCUT2D eigenvalue weighted by molar-refractivity contribution is 0.703. The summed E-state index contributed by atoms with van der Waals surface area (Å²) < 4.78 is 1.22. The van der Waals surface area contributed by atoms with Gasteiger partial charge in [-0.15, -0.1) is 11.3 Å². The molecule has 0 fully saturated rings. The topological polar surface area (TPSA) is 12.0 Å². The molecule has 2 aromatic rings. The summed E-state index contributed by atoms with van der Waals surface area (Å²) in [5.74, 6) is 0. The first kappa shape index (κ1) is 13.8. The van der Waals surface area contributed by atoms with Gasteiger partial charge in [0.05, 0.1) is 9.83 Å². The molecule has 0 saturated heterocycles. The molecule has 2 rings (SSSR count). The molecule has 0 amide bonds. The van der Waals surface area contributed by atoms with Crippen LogP contribution in [-0.4, -0.2) is 7.05 Å². The molecule has 1 unspecified atom stereocenters. The summed E-state index contributed by atoms with van der Waals surface area (Å²) in [5, 5.41) is 3.40. The highest BCUT2D eigenvalue weighted by Crippen LogP contribution is 2.34. The molecule has 1 aromatic heterocycles. The van der Waals surface area contributed by atoms with Crippen LogP contribution < -0.4 is 5.32 Å². The van der Waals surface area contributed by atoms with E-state index in [2.05, 4.69) is 65.4 Å². The zero-order chi connectivity index (χ0) is 13.1. The maximum atomic E-state index is 3.60. The Morgan fingerprint density at radius 2 is 1.94 bits per heavy atom. The summed E-state index contributed by atoms with van der Waals surface area (Å²) in [4.78, 5) is 1.35. The van der Waals surface area contributed by atoms with E-state index in [0.29, 0.717) is 0 Å². The molecule has 0 spiro atoms. The molecule has 1 atom stereocenters. The standard InChI is InChI=1S/C15H18BrNS/c1-4-11-5-7-12(8-6-11)14(17-3)13-9-10(2)15(16)18-13/h5-9,14,17H,4H2,1-3H3. The van der Waals surface area contributed by atoms with Gasteiger partial charge >= 0.3 is 0 Å². The molecule has 0 saturated carbocycles. The van der Waals surface area contributed by atoms with Gasteiger partial charge in [0.2, 0.25) is 0 Å². The molecule has 0 aliphatic rings. The highest BCUT2D eigenvalue weighted by atomic mass is 79.9. The molecule has 1 N–H and O–H groups in total. The average Bonchev–Trinajstić information content (AvgIpc) is 2.71. The smallest absolute Gasteiger partial charge is 0.0731 e. The van der Waals surface area contributed by atoms with Crippen LogP contribution in [0.3, 0.4) is 0 Å². The van der Waals surface area contributed by atoms with Gasteiger partial charge in [-0.3, -0.25) is 0 Å². The number of aryl methyl sites for hydroxylation is 2. The van der Waals surface area contributed by atoms with Crippen molar-refractivity contribution in [3.05, 3.63) is 55.7 Å². The van der Waals surface area contributed by atoms with Crippen molar-refractivity contribution in [1.82, 2.24) is 5.32 Å². The van der Waals surface area contributed by atoms with Gasteiger partial charge in [-0.2, -0.15) is 0 Å². The summed E-state index contributed by atoms with van der Waals surface area (Å²) in [6, 6.07) is 11.4. The Bertz CT molecular complexity index is 496. The number of thiophene rings is 1. The number of hydrogen-bond donors (Lipinski definition) is 1. The minimum absolute atomic E-state index is 0.283. The second-order valence-corrected chi connectivity index (χ2v) is 6.82. The Hall–Kier alpha value is -0.640. The van der Waals surface area contributed by atoms with E-state index in [-0.39, 0.29) is 6.04 Å². The van der Waals surface area contributed by atoms with Gasteiger partial charge in [-0.05, 0) is 59.1 Å². The summed E-state index contributed by atoms with van der Waals surface area (Å²) in [6.07, 6.45) is 1.09. The predicted octanol–water partition coefficient (Wildman–Crippen LogP) is 4.69. The fourth-order valence-corrected chi connectivity index (χ4v) is 3.75. The SMILES string of the molecule is CCc1ccc(C(NC)c2cc(C)c(Br)s2)cc1. The van der Waals surface area contributed by atoms with E-state index in [4.69, 9.17) is 0 Å². The Balaban J connectivity index is 2.32. The van der Waals surface area contributed by atoms with E-state index in [1.165, 1.54) is 25.4 Å². The van der Waals surface area contributed by atoms with E-state index in [9.17, 15) is 0 Å². The van der Waals surface area contributed by atoms with E-state index < -0.39 is 0 Å². The lowest BCUT2D eigenvalue weighted by atomic mass is 10.0. The van der Waals surface area contributed by atoms with Gasteiger partial charge in [0.1, 0.15) is 0 Å². The van der Waals surface area contributed by atoms with E-state index >= 15 is 0 Å². The summed E-state index contributed by atoms with van der Waals surface area (Å²) >= 11 is 5.41. The first-order chi connectivity index (χ1) is 8.65. The molecular weight excluding hydrogens is 306 g/mol. The Morgan fingerprint density at radius 3 is 2.39 bits per heavy atom. The first-order valence-corrected chi connectivity index (χ1v) is 7.78. The van der Waals surface area contributed by atoms with Gasteiger partial charge in [0.25, 0.3) is 0 Å². The van der Waals surface area contributed by atoms with Crippen molar-refractivity contribution >= 4 is 27.3 Å². The lowest BCUT2D eigenvalue weighted by Gasteiger charge is -2.15. The minimum atomic E-state index is 0.283. The fraction of sp³-hybridized carbons (Fsp3) is 0.333. The maximum Gasteiger partial charge on any atom is 0.0731 e. The largest absolute Gasteiger partial charge is 0.309 e. The third-order valence-electron chi connectivity index (χ3n) is 3.17. The van der Waals surface area contributed by atoms with Gasteiger partial charge in [0.15, 0.2) is 0 Å². The highest BCUT2D eigenvalue weighted by molar-refractivity contribution is 9.11. The van der Waals surface area contributed by atoms with Crippen LogP contribution in [0, 0.1) is 6.92 Å². The monoisotopic (exact) mass is 323 g/mol. The van der Waals surface area contributed by atoms with Crippen molar-refractivity contribution in [1.29, 1.82) is 0 Å². The van der Waals surface area contributed by atoms with E-state index in [1.54, 1.807) is 11.3 Å². The molecule has 0 aliphatic heterocycles. The van der Waals surface area contributed by atoms with Crippen molar-refractivity contribution in [2.75, 3.05) is 7.05 Å². The number of hydrogen-bond acceptors (Lipinski definition) is 2. The van der Waals surface area contributed by atoms with Crippen LogP contribution in [0.15, 0.2) is 34.1 Å². The molecule has 3 heteroatoms. The van der Waals surface area contributed by atoms with Crippen molar-refractivity contribution in [2.45, 2.75) is 26.3 Å². The van der Waals surface area contributed by atoms with Crippen molar-refractivity contribution < 1.29 is 0 Å². The third kappa shape index (κ3) is 2.85. The van der Waals surface area contributed by atoms with Crippen LogP contribution in [0.5, 0.6) is 0 Å². The zero-order valence-corrected chi connectivity index (χ0v) is 13.4. The zero-order valence-electron chi connectivity index (χ0n) is 11.0. The molecule has 0 bridgehead atoms. The predicted molar refractivity (Wildman–Crippen MR) is 83.5 cm³/mol. The molecular formula is C15H18BrNS. The summed E-state index contributed by atoms with van der Waals surface area (Å²) in [7, 11) is 2.02. The van der Waals surface area contributed by atoms with Gasteiger partial charge in [0, 0.05) is 4.88 Å². The summed E-state index contributed by atoms with van der Waals surface area (Å²) in [6.45, 7) is 4.32. The Morgan fingerprint density at radius 1 is 1.28 bits per heavy atom. The number of benzene rings is 1. The molecule has 1 heterocycles. The number of rotatable bonds is 4. The first-order valence-electron chi connectivity index (χ1n) is 6.17. The third-order valence-corrected chi connectivity index (χ3v) is 5.37. The second kappa shape index (κ2) is 6.00. The van der Waals surface area contributed by atoms with Crippen molar-refractivity contribution in [2.24, 2.45) is 0 Å². The molecule has 18 heavy (non-hydrogen) atoms. The van der Waals surface area contributed by atoms with Crippen LogP contribution in [0.4, 0.5) is 0 Å². The van der Waals surface area contributed by atoms with Gasteiger partial charge < -0.3 is 5.32 Å². The van der Waals surface area contributed by atoms with Crippen LogP contribution in [0.1, 0.15) is 34.5 Å². The normalized spacial score (nSPS) is 12.7. The summed E-state index contributed by atoms with van der Waals surface area (Å²) in [5.41, 5.74) is 4.01. The molecule has 96 valence electrons. The van der Waals surface area contributed by atoms with Crippen LogP contribution in [0.25, 0.3) is 0 Å². The van der Waals surface area contributed by atoms with Crippen molar-refractivity contribution in [3.63, 3.8) is 0 Å². The number of nitrogens with one attached hydrogen (secondary N) is 1. The maximum absolute atomic E-state index is 3.60. The van der Waals surface area contributed by atoms with Crippen molar-refractivity contribution in [3.8, 4) is 0 Å². The van der Waals surface area contributed by atoms with Gasteiger partial charge in [-0.25, -0.2) is 0 Å². The molecule has 0 aliphatic carbocycles. The van der Waals surface area contributed by atoms with Crippen LogP contribution in [0.2, 0.25) is 0 Å². The van der Waals surface area contributed by atoms with E-state index in [0.717, 1.165) is 6.42 Å².